The molecule has 7 heteroatoms. The molecule has 2 heterocycles. The Balaban J connectivity index is 1.97. The number of furan rings is 1. The lowest BCUT2D eigenvalue weighted by Gasteiger charge is -1.98. The molecule has 0 saturated carbocycles. The van der Waals surface area contributed by atoms with Crippen molar-refractivity contribution in [3.63, 3.8) is 0 Å². The lowest BCUT2D eigenvalue weighted by Crippen LogP contribution is -1.91. The summed E-state index contributed by atoms with van der Waals surface area (Å²) in [6.45, 7) is 0. The molecule has 3 rings (SSSR count). The Morgan fingerprint density at radius 3 is 2.76 bits per heavy atom. The molecule has 0 aliphatic heterocycles. The Morgan fingerprint density at radius 2 is 2.10 bits per heavy atom. The van der Waals surface area contributed by atoms with Crippen molar-refractivity contribution in [1.82, 2.24) is 4.98 Å². The molecule has 3 aromatic rings. The predicted molar refractivity (Wildman–Crippen MR) is 72.1 cm³/mol. The fourth-order valence-corrected chi connectivity index (χ4v) is 2.59. The zero-order chi connectivity index (χ0) is 15.0. The summed E-state index contributed by atoms with van der Waals surface area (Å²) in [5, 5.41) is 10.8. The van der Waals surface area contributed by atoms with Crippen molar-refractivity contribution >= 4 is 17.3 Å². The molecule has 0 fully saturated rings. The van der Waals surface area contributed by atoms with Gasteiger partial charge in [0, 0.05) is 23.1 Å². The molecule has 0 amide bonds. The smallest absolute Gasteiger partial charge is 0.338 e. The Labute approximate surface area is 121 Å². The summed E-state index contributed by atoms with van der Waals surface area (Å²) in [6.07, 6.45) is 1.11. The molecule has 0 saturated heterocycles. The number of carbonyl (C=O) groups is 1. The average Bonchev–Trinajstić information content (AvgIpc) is 3.07. The lowest BCUT2D eigenvalue weighted by molar-refractivity contribution is 0.0696. The van der Waals surface area contributed by atoms with E-state index in [4.69, 9.17) is 9.52 Å². The molecule has 0 spiro atoms. The molecule has 0 unspecified atom stereocenters. The standard InChI is InChI=1S/C14H7F2NO3S/c15-8-1-2-9(10(16)4-8)13-17-11(6-21-13)12-3-7(5-20-12)14(18)19/h1-6H,(H,18,19). The van der Waals surface area contributed by atoms with Gasteiger partial charge in [-0.15, -0.1) is 11.3 Å². The fraction of sp³-hybridized carbons (Fsp3) is 0. The van der Waals surface area contributed by atoms with E-state index in [2.05, 4.69) is 4.98 Å². The van der Waals surface area contributed by atoms with E-state index >= 15 is 0 Å². The van der Waals surface area contributed by atoms with E-state index in [-0.39, 0.29) is 16.9 Å². The van der Waals surface area contributed by atoms with Crippen LogP contribution in [0.3, 0.4) is 0 Å². The SMILES string of the molecule is O=C(O)c1coc(-c2csc(-c3ccc(F)cc3F)n2)c1. The molecule has 2 aromatic heterocycles. The number of aromatic carboxylic acids is 1. The van der Waals surface area contributed by atoms with Crippen LogP contribution in [0, 0.1) is 11.6 Å². The van der Waals surface area contributed by atoms with Crippen LogP contribution < -0.4 is 0 Å². The molecule has 1 aromatic carbocycles. The van der Waals surface area contributed by atoms with Gasteiger partial charge in [0.25, 0.3) is 0 Å². The molecule has 0 aliphatic carbocycles. The van der Waals surface area contributed by atoms with Crippen molar-refractivity contribution in [3.8, 4) is 22.0 Å². The molecule has 4 nitrogen and oxygen atoms in total. The highest BCUT2D eigenvalue weighted by atomic mass is 32.1. The summed E-state index contributed by atoms with van der Waals surface area (Å²) in [5.74, 6) is -2.20. The second kappa shape index (κ2) is 5.10. The quantitative estimate of drug-likeness (QED) is 0.793. The van der Waals surface area contributed by atoms with Gasteiger partial charge >= 0.3 is 5.97 Å². The number of thiazole rings is 1. The Hall–Kier alpha value is -2.54. The third-order valence-electron chi connectivity index (χ3n) is 2.76. The number of rotatable bonds is 3. The van der Waals surface area contributed by atoms with Crippen LogP contribution in [0.25, 0.3) is 22.0 Å². The third kappa shape index (κ3) is 2.55. The maximum absolute atomic E-state index is 13.7. The predicted octanol–water partition coefficient (Wildman–Crippen LogP) is 4.05. The van der Waals surface area contributed by atoms with Gasteiger partial charge in [-0.05, 0) is 12.1 Å². The van der Waals surface area contributed by atoms with E-state index in [1.807, 2.05) is 0 Å². The van der Waals surface area contributed by atoms with Gasteiger partial charge in [-0.1, -0.05) is 0 Å². The topological polar surface area (TPSA) is 63.3 Å². The first-order valence-electron chi connectivity index (χ1n) is 5.78. The normalized spacial score (nSPS) is 10.8. The molecular formula is C14H7F2NO3S. The number of hydrogen-bond donors (Lipinski definition) is 1. The van der Waals surface area contributed by atoms with Crippen LogP contribution in [-0.4, -0.2) is 16.1 Å². The van der Waals surface area contributed by atoms with Crippen molar-refractivity contribution < 1.29 is 23.1 Å². The minimum atomic E-state index is -1.11. The zero-order valence-corrected chi connectivity index (χ0v) is 11.2. The molecule has 0 bridgehead atoms. The van der Waals surface area contributed by atoms with Gasteiger partial charge in [-0.2, -0.15) is 0 Å². The number of carboxylic acids is 1. The van der Waals surface area contributed by atoms with Crippen molar-refractivity contribution in [2.24, 2.45) is 0 Å². The largest absolute Gasteiger partial charge is 0.478 e. The molecule has 106 valence electrons. The van der Waals surface area contributed by atoms with Gasteiger partial charge in [0.2, 0.25) is 0 Å². The molecular weight excluding hydrogens is 300 g/mol. The second-order valence-electron chi connectivity index (χ2n) is 4.17. The fourth-order valence-electron chi connectivity index (χ4n) is 1.76. The van der Waals surface area contributed by atoms with Gasteiger partial charge in [0.05, 0.1) is 5.56 Å². The van der Waals surface area contributed by atoms with Gasteiger partial charge in [-0.25, -0.2) is 18.6 Å². The van der Waals surface area contributed by atoms with Crippen LogP contribution in [-0.2, 0) is 0 Å². The van der Waals surface area contributed by atoms with Crippen LogP contribution in [0.4, 0.5) is 8.78 Å². The first-order valence-corrected chi connectivity index (χ1v) is 6.65. The van der Waals surface area contributed by atoms with Crippen molar-refractivity contribution in [2.75, 3.05) is 0 Å². The molecule has 21 heavy (non-hydrogen) atoms. The first-order chi connectivity index (χ1) is 10.0. The molecule has 0 aliphatic rings. The van der Waals surface area contributed by atoms with Gasteiger partial charge in [0.1, 0.15) is 28.6 Å². The summed E-state index contributed by atoms with van der Waals surface area (Å²) in [5.41, 5.74) is 0.580. The average molecular weight is 307 g/mol. The van der Waals surface area contributed by atoms with E-state index in [1.165, 1.54) is 12.1 Å². The van der Waals surface area contributed by atoms with Gasteiger partial charge in [-0.3, -0.25) is 0 Å². The number of hydrogen-bond acceptors (Lipinski definition) is 4. The van der Waals surface area contributed by atoms with Crippen LogP contribution >= 0.6 is 11.3 Å². The Morgan fingerprint density at radius 1 is 1.29 bits per heavy atom. The summed E-state index contributed by atoms with van der Waals surface area (Å²) < 4.78 is 31.7. The first kappa shape index (κ1) is 13.4. The van der Waals surface area contributed by atoms with Crippen molar-refractivity contribution in [1.29, 1.82) is 0 Å². The number of carboxylic acid groups (broad SMARTS) is 1. The maximum Gasteiger partial charge on any atom is 0.338 e. The Kier molecular flexibility index (Phi) is 3.26. The van der Waals surface area contributed by atoms with Crippen LogP contribution in [0.1, 0.15) is 10.4 Å². The lowest BCUT2D eigenvalue weighted by atomic mass is 10.2. The van der Waals surface area contributed by atoms with E-state index < -0.39 is 17.6 Å². The number of benzene rings is 1. The second-order valence-corrected chi connectivity index (χ2v) is 5.02. The monoisotopic (exact) mass is 307 g/mol. The zero-order valence-electron chi connectivity index (χ0n) is 10.3. The third-order valence-corrected chi connectivity index (χ3v) is 3.64. The van der Waals surface area contributed by atoms with E-state index in [1.54, 1.807) is 5.38 Å². The Bertz CT molecular complexity index is 825. The maximum atomic E-state index is 13.7. The molecule has 1 N–H and O–H groups in total. The molecule has 0 atom stereocenters. The number of aromatic nitrogens is 1. The summed E-state index contributed by atoms with van der Waals surface area (Å²) in [6, 6.07) is 4.57. The van der Waals surface area contributed by atoms with E-state index in [9.17, 15) is 13.6 Å². The van der Waals surface area contributed by atoms with Gasteiger partial charge in [0.15, 0.2) is 5.76 Å². The van der Waals surface area contributed by atoms with Crippen LogP contribution in [0.2, 0.25) is 0 Å². The van der Waals surface area contributed by atoms with Crippen molar-refractivity contribution in [2.45, 2.75) is 0 Å². The minimum absolute atomic E-state index is 0.00696. The van der Waals surface area contributed by atoms with Crippen molar-refractivity contribution in [3.05, 3.63) is 53.1 Å². The summed E-state index contributed by atoms with van der Waals surface area (Å²) in [4.78, 5) is 15.0. The van der Waals surface area contributed by atoms with E-state index in [0.29, 0.717) is 10.7 Å². The van der Waals surface area contributed by atoms with E-state index in [0.717, 1.165) is 29.7 Å². The number of halogens is 2. The summed E-state index contributed by atoms with van der Waals surface area (Å²) in [7, 11) is 0. The van der Waals surface area contributed by atoms with Crippen LogP contribution in [0.5, 0.6) is 0 Å². The highest BCUT2D eigenvalue weighted by Crippen LogP contribution is 2.31. The summed E-state index contributed by atoms with van der Waals surface area (Å²) >= 11 is 1.15. The molecule has 0 radical (unpaired) electrons. The minimum Gasteiger partial charge on any atom is -0.478 e. The highest BCUT2D eigenvalue weighted by molar-refractivity contribution is 7.13. The van der Waals surface area contributed by atoms with Crippen LogP contribution in [0.15, 0.2) is 40.3 Å². The number of nitrogens with zero attached hydrogens (tertiary/aromatic N) is 1. The van der Waals surface area contributed by atoms with Gasteiger partial charge < -0.3 is 9.52 Å². The highest BCUT2D eigenvalue weighted by Gasteiger charge is 2.15.